The molecule has 1 N–H and O–H groups in total. The summed E-state index contributed by atoms with van der Waals surface area (Å²) in [7, 11) is 0. The van der Waals surface area contributed by atoms with Gasteiger partial charge in [-0.25, -0.2) is 0 Å². The average Bonchev–Trinajstić information content (AvgIpc) is 2.87. The number of carbonyl (C=O) groups is 1. The Bertz CT molecular complexity index is 800. The van der Waals surface area contributed by atoms with Crippen LogP contribution in [0.4, 0.5) is 0 Å². The molecule has 1 aliphatic rings. The molecule has 1 aliphatic heterocycles. The molecule has 2 aromatic rings. The van der Waals surface area contributed by atoms with E-state index < -0.39 is 18.0 Å². The van der Waals surface area contributed by atoms with Gasteiger partial charge in [0.1, 0.15) is 5.75 Å². The Balaban J connectivity index is 1.87. The van der Waals surface area contributed by atoms with Gasteiger partial charge in [0.05, 0.1) is 12.7 Å². The van der Waals surface area contributed by atoms with Crippen molar-refractivity contribution in [2.45, 2.75) is 31.8 Å². The number of hydrogen-bond donors (Lipinski definition) is 1. The second-order valence-corrected chi connectivity index (χ2v) is 7.57. The predicted octanol–water partition coefficient (Wildman–Crippen LogP) is 2.65. The monoisotopic (exact) mass is 359 g/mol. The summed E-state index contributed by atoms with van der Waals surface area (Å²) in [5.41, 5.74) is 2.23. The fraction of sp³-hybridized carbons (Fsp3) is 0.350. The number of benzene rings is 2. The zero-order valence-corrected chi connectivity index (χ0v) is 14.9. The largest absolute Gasteiger partial charge is 0.550 e. The highest BCUT2D eigenvalue weighted by molar-refractivity contribution is 6.30. The zero-order chi connectivity index (χ0) is 18.2. The standard InChI is InChI=1S/C20H21ClO4/c1-20(2)11-25-17-7-6-12(9-16(17)20)8-15(19(23)24)18(22)13-4-3-5-14(21)10-13/h3-7,9-10,15,18,22H,8,11H2,1-2H3,(H,23,24)/p-1. The summed E-state index contributed by atoms with van der Waals surface area (Å²) in [5, 5.41) is 22.6. The Hall–Kier alpha value is -2.04. The number of aliphatic carboxylic acids is 1. The van der Waals surface area contributed by atoms with E-state index in [2.05, 4.69) is 13.8 Å². The Labute approximate surface area is 152 Å². The topological polar surface area (TPSA) is 69.6 Å². The molecule has 132 valence electrons. The number of aliphatic hydroxyl groups excluding tert-OH is 1. The van der Waals surface area contributed by atoms with E-state index in [-0.39, 0.29) is 11.8 Å². The Morgan fingerprint density at radius 3 is 2.76 bits per heavy atom. The first kappa shape index (κ1) is 17.8. The van der Waals surface area contributed by atoms with E-state index in [1.54, 1.807) is 24.3 Å². The van der Waals surface area contributed by atoms with Crippen molar-refractivity contribution >= 4 is 17.6 Å². The van der Waals surface area contributed by atoms with Crippen LogP contribution >= 0.6 is 11.6 Å². The molecule has 25 heavy (non-hydrogen) atoms. The minimum Gasteiger partial charge on any atom is -0.550 e. The third kappa shape index (κ3) is 3.65. The van der Waals surface area contributed by atoms with Gasteiger partial charge in [-0.3, -0.25) is 0 Å². The number of carboxylic acid groups (broad SMARTS) is 1. The van der Waals surface area contributed by atoms with Crippen LogP contribution in [0, 0.1) is 5.92 Å². The maximum atomic E-state index is 11.6. The minimum atomic E-state index is -1.29. The summed E-state index contributed by atoms with van der Waals surface area (Å²) >= 11 is 5.94. The van der Waals surface area contributed by atoms with Gasteiger partial charge in [-0.05, 0) is 35.7 Å². The molecule has 1 heterocycles. The first-order valence-electron chi connectivity index (χ1n) is 8.18. The lowest BCUT2D eigenvalue weighted by Gasteiger charge is -2.25. The highest BCUT2D eigenvalue weighted by atomic mass is 35.5. The highest BCUT2D eigenvalue weighted by Crippen LogP contribution is 2.39. The van der Waals surface area contributed by atoms with Crippen molar-refractivity contribution in [3.8, 4) is 5.75 Å². The molecule has 0 bridgehead atoms. The van der Waals surface area contributed by atoms with Crippen LogP contribution in [0.3, 0.4) is 0 Å². The lowest BCUT2D eigenvalue weighted by Crippen LogP contribution is -2.36. The molecular weight excluding hydrogens is 340 g/mol. The Kier molecular flexibility index (Phi) is 4.76. The molecule has 0 saturated heterocycles. The van der Waals surface area contributed by atoms with Crippen LogP contribution in [0.5, 0.6) is 5.75 Å². The maximum absolute atomic E-state index is 11.6. The first-order valence-corrected chi connectivity index (χ1v) is 8.56. The summed E-state index contributed by atoms with van der Waals surface area (Å²) in [6.45, 7) is 4.76. The molecule has 4 nitrogen and oxygen atoms in total. The lowest BCUT2D eigenvalue weighted by atomic mass is 9.84. The van der Waals surface area contributed by atoms with Crippen molar-refractivity contribution in [1.82, 2.24) is 0 Å². The van der Waals surface area contributed by atoms with Crippen LogP contribution in [0.1, 0.15) is 36.6 Å². The van der Waals surface area contributed by atoms with E-state index in [1.165, 1.54) is 0 Å². The summed E-state index contributed by atoms with van der Waals surface area (Å²) in [6.07, 6.45) is -1.03. The molecule has 0 aromatic heterocycles. The summed E-state index contributed by atoms with van der Waals surface area (Å²) in [4.78, 5) is 11.6. The minimum absolute atomic E-state index is 0.117. The molecule has 2 unspecified atom stereocenters. The van der Waals surface area contributed by atoms with Crippen molar-refractivity contribution in [2.75, 3.05) is 6.61 Å². The number of halogens is 1. The number of carbonyl (C=O) groups excluding carboxylic acids is 1. The molecule has 2 aromatic carbocycles. The smallest absolute Gasteiger partial charge is 0.123 e. The number of carboxylic acids is 1. The van der Waals surface area contributed by atoms with Gasteiger partial charge in [-0.1, -0.05) is 49.7 Å². The number of fused-ring (bicyclic) bond motifs is 1. The fourth-order valence-electron chi connectivity index (χ4n) is 3.20. The van der Waals surface area contributed by atoms with Gasteiger partial charge in [-0.2, -0.15) is 0 Å². The van der Waals surface area contributed by atoms with Gasteiger partial charge in [0, 0.05) is 27.9 Å². The molecule has 0 spiro atoms. The fourth-order valence-corrected chi connectivity index (χ4v) is 3.39. The molecule has 5 heteroatoms. The first-order chi connectivity index (χ1) is 11.8. The van der Waals surface area contributed by atoms with E-state index in [9.17, 15) is 15.0 Å². The van der Waals surface area contributed by atoms with Crippen LogP contribution < -0.4 is 9.84 Å². The summed E-state index contributed by atoms with van der Waals surface area (Å²) < 4.78 is 5.66. The molecule has 0 radical (unpaired) electrons. The van der Waals surface area contributed by atoms with Gasteiger partial charge < -0.3 is 19.7 Å². The molecule has 0 fully saturated rings. The molecule has 0 aliphatic carbocycles. The number of aliphatic hydroxyl groups is 1. The van der Waals surface area contributed by atoms with Crippen molar-refractivity contribution in [2.24, 2.45) is 5.92 Å². The van der Waals surface area contributed by atoms with Crippen LogP contribution in [-0.2, 0) is 16.6 Å². The van der Waals surface area contributed by atoms with Crippen LogP contribution in [-0.4, -0.2) is 17.7 Å². The average molecular weight is 360 g/mol. The quantitative estimate of drug-likeness (QED) is 0.891. The van der Waals surface area contributed by atoms with Crippen LogP contribution in [0.25, 0.3) is 0 Å². The van der Waals surface area contributed by atoms with E-state index in [0.29, 0.717) is 17.2 Å². The van der Waals surface area contributed by atoms with Gasteiger partial charge in [0.15, 0.2) is 0 Å². The highest BCUT2D eigenvalue weighted by Gasteiger charge is 2.32. The van der Waals surface area contributed by atoms with Gasteiger partial charge in [0.2, 0.25) is 0 Å². The van der Waals surface area contributed by atoms with Crippen molar-refractivity contribution in [3.05, 3.63) is 64.2 Å². The zero-order valence-electron chi connectivity index (χ0n) is 14.2. The van der Waals surface area contributed by atoms with Crippen LogP contribution in [0.2, 0.25) is 5.02 Å². The summed E-state index contributed by atoms with van der Waals surface area (Å²) in [6, 6.07) is 12.2. The van der Waals surface area contributed by atoms with Gasteiger partial charge in [-0.15, -0.1) is 0 Å². The number of ether oxygens (including phenoxy) is 1. The van der Waals surface area contributed by atoms with Crippen molar-refractivity contribution in [1.29, 1.82) is 0 Å². The lowest BCUT2D eigenvalue weighted by molar-refractivity contribution is -0.314. The van der Waals surface area contributed by atoms with E-state index in [4.69, 9.17) is 16.3 Å². The van der Waals surface area contributed by atoms with E-state index >= 15 is 0 Å². The second kappa shape index (κ2) is 6.70. The third-order valence-corrected chi connectivity index (χ3v) is 4.93. The van der Waals surface area contributed by atoms with Crippen LogP contribution in [0.15, 0.2) is 42.5 Å². The molecule has 3 rings (SSSR count). The number of hydrogen-bond acceptors (Lipinski definition) is 4. The summed E-state index contributed by atoms with van der Waals surface area (Å²) in [5.74, 6) is -1.53. The van der Waals surface area contributed by atoms with E-state index in [1.807, 2.05) is 18.2 Å². The Morgan fingerprint density at radius 1 is 1.32 bits per heavy atom. The Morgan fingerprint density at radius 2 is 2.08 bits per heavy atom. The van der Waals surface area contributed by atoms with Crippen molar-refractivity contribution in [3.63, 3.8) is 0 Å². The normalized spacial score (nSPS) is 17.4. The molecule has 2 atom stereocenters. The molecule has 0 saturated carbocycles. The molecular formula is C20H20ClO4-. The van der Waals surface area contributed by atoms with Crippen molar-refractivity contribution < 1.29 is 19.7 Å². The predicted molar refractivity (Wildman–Crippen MR) is 93.6 cm³/mol. The van der Waals surface area contributed by atoms with Gasteiger partial charge in [0.25, 0.3) is 0 Å². The second-order valence-electron chi connectivity index (χ2n) is 7.13. The third-order valence-electron chi connectivity index (χ3n) is 4.69. The maximum Gasteiger partial charge on any atom is 0.123 e. The van der Waals surface area contributed by atoms with E-state index in [0.717, 1.165) is 16.9 Å². The SMILES string of the molecule is CC1(C)COc2ccc(CC(C(=O)[O-])C(O)c3cccc(Cl)c3)cc21. The number of rotatable bonds is 5. The van der Waals surface area contributed by atoms with Gasteiger partial charge >= 0.3 is 0 Å². The molecule has 0 amide bonds.